The summed E-state index contributed by atoms with van der Waals surface area (Å²) in [6.07, 6.45) is -4.68. The maximum atomic E-state index is 13.1. The third kappa shape index (κ3) is 5.10. The van der Waals surface area contributed by atoms with E-state index >= 15 is 0 Å². The van der Waals surface area contributed by atoms with Gasteiger partial charge in [0.15, 0.2) is 0 Å². The summed E-state index contributed by atoms with van der Waals surface area (Å²) in [6.45, 7) is -0.440. The number of rotatable bonds is 6. The van der Waals surface area contributed by atoms with Gasteiger partial charge in [-0.15, -0.1) is 0 Å². The van der Waals surface area contributed by atoms with Crippen LogP contribution in [0.15, 0.2) is 70.4 Å². The van der Waals surface area contributed by atoms with Gasteiger partial charge in [0.1, 0.15) is 5.82 Å². The SMILES string of the molecule is O=c1ccc(-c2ccc(F)cc2)nn1CCNS(=O)(=O)c1cccc(C(F)(F)F)c1. The molecule has 6 nitrogen and oxygen atoms in total. The van der Waals surface area contributed by atoms with Crippen molar-refractivity contribution in [2.45, 2.75) is 17.6 Å². The minimum absolute atomic E-state index is 0.161. The number of sulfonamides is 1. The minimum Gasteiger partial charge on any atom is -0.268 e. The molecule has 0 unspecified atom stereocenters. The number of halogens is 4. The van der Waals surface area contributed by atoms with Crippen molar-refractivity contribution in [1.82, 2.24) is 14.5 Å². The predicted molar refractivity (Wildman–Crippen MR) is 101 cm³/mol. The quantitative estimate of drug-likeness (QED) is 0.597. The molecule has 0 radical (unpaired) electrons. The highest BCUT2D eigenvalue weighted by atomic mass is 32.2. The Morgan fingerprint density at radius 2 is 1.70 bits per heavy atom. The first-order valence-corrected chi connectivity index (χ1v) is 10.1. The van der Waals surface area contributed by atoms with E-state index in [1.807, 2.05) is 0 Å². The Balaban J connectivity index is 1.74. The average molecular weight is 441 g/mol. The van der Waals surface area contributed by atoms with E-state index in [1.54, 1.807) is 0 Å². The lowest BCUT2D eigenvalue weighted by atomic mass is 10.1. The van der Waals surface area contributed by atoms with E-state index in [-0.39, 0.29) is 13.1 Å². The van der Waals surface area contributed by atoms with Crippen LogP contribution in [0.5, 0.6) is 0 Å². The summed E-state index contributed by atoms with van der Waals surface area (Å²) in [5.41, 5.74) is -0.667. The molecule has 0 spiro atoms. The van der Waals surface area contributed by atoms with E-state index < -0.39 is 38.0 Å². The van der Waals surface area contributed by atoms with E-state index in [1.165, 1.54) is 36.4 Å². The van der Waals surface area contributed by atoms with Gasteiger partial charge >= 0.3 is 6.18 Å². The van der Waals surface area contributed by atoms with Gasteiger partial charge in [-0.05, 0) is 48.5 Å². The summed E-state index contributed by atoms with van der Waals surface area (Å²) in [4.78, 5) is 11.4. The second-order valence-electron chi connectivity index (χ2n) is 6.21. The smallest absolute Gasteiger partial charge is 0.268 e. The molecule has 0 aliphatic heterocycles. The van der Waals surface area contributed by atoms with Gasteiger partial charge in [-0.25, -0.2) is 22.2 Å². The zero-order valence-electron chi connectivity index (χ0n) is 15.2. The molecule has 0 aliphatic rings. The zero-order chi connectivity index (χ0) is 21.9. The predicted octanol–water partition coefficient (Wildman–Crippen LogP) is 3.05. The van der Waals surface area contributed by atoms with E-state index in [0.717, 1.165) is 22.9 Å². The Morgan fingerprint density at radius 1 is 1.00 bits per heavy atom. The molecular weight excluding hydrogens is 426 g/mol. The van der Waals surface area contributed by atoms with Gasteiger partial charge in [0.05, 0.1) is 22.7 Å². The fourth-order valence-electron chi connectivity index (χ4n) is 2.59. The number of nitrogens with one attached hydrogen (secondary N) is 1. The molecule has 0 aliphatic carbocycles. The fourth-order valence-corrected chi connectivity index (χ4v) is 3.66. The number of alkyl halides is 3. The van der Waals surface area contributed by atoms with E-state index in [0.29, 0.717) is 17.3 Å². The van der Waals surface area contributed by atoms with Gasteiger partial charge in [-0.3, -0.25) is 4.79 Å². The first kappa shape index (κ1) is 21.7. The summed E-state index contributed by atoms with van der Waals surface area (Å²) in [6, 6.07) is 11.4. The Bertz CT molecular complexity index is 1210. The Morgan fingerprint density at radius 3 is 2.37 bits per heavy atom. The second kappa shape index (κ2) is 8.36. The molecule has 0 bridgehead atoms. The molecule has 3 rings (SSSR count). The summed E-state index contributed by atoms with van der Waals surface area (Å²) in [5.74, 6) is -0.434. The van der Waals surface area contributed by atoms with Crippen molar-refractivity contribution >= 4 is 10.0 Å². The van der Waals surface area contributed by atoms with Crippen LogP contribution in [0, 0.1) is 5.82 Å². The lowest BCUT2D eigenvalue weighted by Crippen LogP contribution is -2.32. The Kier molecular flexibility index (Phi) is 6.04. The van der Waals surface area contributed by atoms with Crippen LogP contribution in [0.3, 0.4) is 0 Å². The van der Waals surface area contributed by atoms with Crippen molar-refractivity contribution in [3.8, 4) is 11.3 Å². The molecule has 1 N–H and O–H groups in total. The van der Waals surface area contributed by atoms with Crippen LogP contribution in [0.25, 0.3) is 11.3 Å². The third-order valence-corrected chi connectivity index (χ3v) is 5.55. The molecule has 0 amide bonds. The average Bonchev–Trinajstić information content (AvgIpc) is 2.69. The molecule has 0 fully saturated rings. The Labute approximate surface area is 168 Å². The molecule has 0 atom stereocenters. The highest BCUT2D eigenvalue weighted by Crippen LogP contribution is 2.30. The first-order valence-electron chi connectivity index (χ1n) is 8.57. The number of aromatic nitrogens is 2. The van der Waals surface area contributed by atoms with Crippen LogP contribution in [0.4, 0.5) is 17.6 Å². The summed E-state index contributed by atoms with van der Waals surface area (Å²) >= 11 is 0. The van der Waals surface area contributed by atoms with Crippen LogP contribution in [-0.4, -0.2) is 24.7 Å². The van der Waals surface area contributed by atoms with Crippen molar-refractivity contribution in [2.24, 2.45) is 0 Å². The lowest BCUT2D eigenvalue weighted by Gasteiger charge is -2.11. The second-order valence-corrected chi connectivity index (χ2v) is 7.98. The van der Waals surface area contributed by atoms with Gasteiger partial charge in [-0.2, -0.15) is 18.3 Å². The van der Waals surface area contributed by atoms with Crippen LogP contribution in [-0.2, 0) is 22.7 Å². The van der Waals surface area contributed by atoms with Crippen molar-refractivity contribution < 1.29 is 26.0 Å². The zero-order valence-corrected chi connectivity index (χ0v) is 16.0. The van der Waals surface area contributed by atoms with E-state index in [9.17, 15) is 30.8 Å². The van der Waals surface area contributed by atoms with E-state index in [2.05, 4.69) is 9.82 Å². The molecule has 3 aromatic rings. The van der Waals surface area contributed by atoms with Gasteiger partial charge in [0.2, 0.25) is 10.0 Å². The lowest BCUT2D eigenvalue weighted by molar-refractivity contribution is -0.137. The van der Waals surface area contributed by atoms with E-state index in [4.69, 9.17) is 0 Å². The molecule has 0 saturated carbocycles. The monoisotopic (exact) mass is 441 g/mol. The molecule has 158 valence electrons. The highest BCUT2D eigenvalue weighted by molar-refractivity contribution is 7.89. The molecule has 1 heterocycles. The normalized spacial score (nSPS) is 12.1. The molecule has 30 heavy (non-hydrogen) atoms. The van der Waals surface area contributed by atoms with Gasteiger partial charge < -0.3 is 0 Å². The third-order valence-electron chi connectivity index (χ3n) is 4.09. The Hall–Kier alpha value is -3.05. The summed E-state index contributed by atoms with van der Waals surface area (Å²) in [7, 11) is -4.23. The maximum absolute atomic E-state index is 13.1. The van der Waals surface area contributed by atoms with Crippen molar-refractivity contribution in [1.29, 1.82) is 0 Å². The number of nitrogens with zero attached hydrogens (tertiary/aromatic N) is 2. The summed E-state index contributed by atoms with van der Waals surface area (Å²) < 4.78 is 79.2. The number of hydrogen-bond donors (Lipinski definition) is 1. The molecule has 1 aromatic heterocycles. The maximum Gasteiger partial charge on any atom is 0.416 e. The molecule has 2 aromatic carbocycles. The van der Waals surface area contributed by atoms with Gasteiger partial charge in [0.25, 0.3) is 5.56 Å². The van der Waals surface area contributed by atoms with Crippen LogP contribution >= 0.6 is 0 Å². The van der Waals surface area contributed by atoms with Crippen LogP contribution in [0.1, 0.15) is 5.56 Å². The minimum atomic E-state index is -4.68. The van der Waals surface area contributed by atoms with Crippen molar-refractivity contribution in [2.75, 3.05) is 6.54 Å². The van der Waals surface area contributed by atoms with Crippen molar-refractivity contribution in [3.63, 3.8) is 0 Å². The topological polar surface area (TPSA) is 81.1 Å². The molecular formula is C19H15F4N3O3S. The van der Waals surface area contributed by atoms with Crippen LogP contribution < -0.4 is 10.3 Å². The largest absolute Gasteiger partial charge is 0.416 e. The number of benzene rings is 2. The molecule has 11 heteroatoms. The summed E-state index contributed by atoms with van der Waals surface area (Å²) in [5, 5.41) is 4.11. The first-order chi connectivity index (χ1) is 14.1. The van der Waals surface area contributed by atoms with Crippen LogP contribution in [0.2, 0.25) is 0 Å². The molecule has 0 saturated heterocycles. The van der Waals surface area contributed by atoms with Gasteiger partial charge in [0, 0.05) is 18.2 Å². The fraction of sp³-hybridized carbons (Fsp3) is 0.158. The van der Waals surface area contributed by atoms with Gasteiger partial charge in [-0.1, -0.05) is 6.07 Å². The van der Waals surface area contributed by atoms with Crippen molar-refractivity contribution in [3.05, 3.63) is 82.4 Å². The highest BCUT2D eigenvalue weighted by Gasteiger charge is 2.31. The standard InChI is InChI=1S/C19H15F4N3O3S/c20-15-6-4-13(5-7-15)17-8-9-18(27)26(25-17)11-10-24-30(28,29)16-3-1-2-14(12-16)19(21,22)23/h1-9,12,24H,10-11H2. The number of hydrogen-bond acceptors (Lipinski definition) is 4.